The Morgan fingerprint density at radius 3 is 2.44 bits per heavy atom. The fraction of sp³-hybridized carbons (Fsp3) is 0.462. The number of carbonyl (C=O) groups is 1. The van der Waals surface area contributed by atoms with Gasteiger partial charge >= 0.3 is 0 Å². The Morgan fingerprint density at radius 2 is 1.94 bits per heavy atom. The van der Waals surface area contributed by atoms with Gasteiger partial charge < -0.3 is 10.2 Å². The highest BCUT2D eigenvalue weighted by Gasteiger charge is 2.05. The maximum atomic E-state index is 11.1. The van der Waals surface area contributed by atoms with Crippen molar-refractivity contribution in [3.63, 3.8) is 0 Å². The van der Waals surface area contributed by atoms with Crippen LogP contribution in [-0.2, 0) is 4.79 Å². The Balaban J connectivity index is 3.01. The van der Waals surface area contributed by atoms with Crippen molar-refractivity contribution in [1.29, 1.82) is 0 Å². The van der Waals surface area contributed by atoms with Crippen molar-refractivity contribution in [1.82, 2.24) is 0 Å². The van der Waals surface area contributed by atoms with E-state index in [2.05, 4.69) is 30.1 Å². The number of carbonyl (C=O) groups excluding carboxylic acids is 1. The van der Waals surface area contributed by atoms with Crippen LogP contribution >= 0.6 is 0 Å². The van der Waals surface area contributed by atoms with Crippen molar-refractivity contribution in [3.05, 3.63) is 23.8 Å². The standard InChI is InChI=1S/C13H20N2O/c1-5-15(6-2)12-8-7-10(3)13(9-12)14-11(4)16/h7-9H,5-6H2,1-4H3,(H,14,16). The van der Waals surface area contributed by atoms with E-state index in [1.807, 2.05) is 19.1 Å². The minimum atomic E-state index is -0.0280. The summed E-state index contributed by atoms with van der Waals surface area (Å²) in [5.74, 6) is -0.0280. The average Bonchev–Trinajstić information content (AvgIpc) is 2.23. The van der Waals surface area contributed by atoms with E-state index in [1.165, 1.54) is 6.92 Å². The van der Waals surface area contributed by atoms with Crippen LogP contribution in [0.2, 0.25) is 0 Å². The van der Waals surface area contributed by atoms with Crippen molar-refractivity contribution in [2.45, 2.75) is 27.7 Å². The number of nitrogens with zero attached hydrogens (tertiary/aromatic N) is 1. The number of aryl methyl sites for hydroxylation is 1. The summed E-state index contributed by atoms with van der Waals surface area (Å²) in [4.78, 5) is 13.3. The molecule has 0 unspecified atom stereocenters. The van der Waals surface area contributed by atoms with Crippen molar-refractivity contribution in [3.8, 4) is 0 Å². The third-order valence-electron chi connectivity index (χ3n) is 2.66. The van der Waals surface area contributed by atoms with E-state index in [9.17, 15) is 4.79 Å². The zero-order valence-electron chi connectivity index (χ0n) is 10.5. The quantitative estimate of drug-likeness (QED) is 0.846. The van der Waals surface area contributed by atoms with Crippen molar-refractivity contribution >= 4 is 17.3 Å². The number of benzene rings is 1. The first-order chi connectivity index (χ1) is 7.58. The van der Waals surface area contributed by atoms with Gasteiger partial charge in [0.05, 0.1) is 0 Å². The second-order valence-corrected chi connectivity index (χ2v) is 3.85. The molecule has 0 saturated heterocycles. The third kappa shape index (κ3) is 2.99. The van der Waals surface area contributed by atoms with E-state index < -0.39 is 0 Å². The molecule has 1 aromatic rings. The molecule has 3 nitrogen and oxygen atoms in total. The maximum Gasteiger partial charge on any atom is 0.221 e. The Kier molecular flexibility index (Phi) is 4.35. The Hall–Kier alpha value is -1.51. The number of anilines is 2. The van der Waals surface area contributed by atoms with E-state index in [1.54, 1.807) is 0 Å². The molecular formula is C13H20N2O. The predicted octanol–water partition coefficient (Wildman–Crippen LogP) is 2.80. The van der Waals surface area contributed by atoms with Crippen molar-refractivity contribution in [2.24, 2.45) is 0 Å². The number of hydrogen-bond donors (Lipinski definition) is 1. The Morgan fingerprint density at radius 1 is 1.31 bits per heavy atom. The van der Waals surface area contributed by atoms with E-state index >= 15 is 0 Å². The van der Waals surface area contributed by atoms with Crippen LogP contribution in [0.15, 0.2) is 18.2 Å². The summed E-state index contributed by atoms with van der Waals surface area (Å²) in [6, 6.07) is 6.16. The van der Waals surface area contributed by atoms with Gasteiger partial charge in [0.1, 0.15) is 0 Å². The Labute approximate surface area is 97.5 Å². The zero-order chi connectivity index (χ0) is 12.1. The van der Waals surface area contributed by atoms with Crippen LogP contribution in [0, 0.1) is 6.92 Å². The van der Waals surface area contributed by atoms with E-state index in [4.69, 9.17) is 0 Å². The molecule has 88 valence electrons. The van der Waals surface area contributed by atoms with Crippen LogP contribution in [0.5, 0.6) is 0 Å². The topological polar surface area (TPSA) is 32.3 Å². The highest BCUT2D eigenvalue weighted by atomic mass is 16.1. The molecule has 0 saturated carbocycles. The normalized spacial score (nSPS) is 10.0. The minimum Gasteiger partial charge on any atom is -0.372 e. The summed E-state index contributed by atoms with van der Waals surface area (Å²) >= 11 is 0. The molecular weight excluding hydrogens is 200 g/mol. The van der Waals surface area contributed by atoms with Gasteiger partial charge in [-0.3, -0.25) is 4.79 Å². The molecule has 0 radical (unpaired) electrons. The molecule has 1 rings (SSSR count). The third-order valence-corrected chi connectivity index (χ3v) is 2.66. The molecule has 3 heteroatoms. The summed E-state index contributed by atoms with van der Waals surface area (Å²) in [7, 11) is 0. The van der Waals surface area contributed by atoms with E-state index in [0.717, 1.165) is 30.0 Å². The van der Waals surface area contributed by atoms with Gasteiger partial charge in [-0.15, -0.1) is 0 Å². The molecule has 1 amide bonds. The molecule has 16 heavy (non-hydrogen) atoms. The fourth-order valence-electron chi connectivity index (χ4n) is 1.72. The van der Waals surface area contributed by atoms with Gasteiger partial charge in [0.25, 0.3) is 0 Å². The monoisotopic (exact) mass is 220 g/mol. The predicted molar refractivity (Wildman–Crippen MR) is 69.0 cm³/mol. The highest BCUT2D eigenvalue weighted by molar-refractivity contribution is 5.90. The Bertz CT molecular complexity index is 370. The van der Waals surface area contributed by atoms with Crippen molar-refractivity contribution in [2.75, 3.05) is 23.3 Å². The average molecular weight is 220 g/mol. The molecule has 0 aliphatic heterocycles. The molecule has 0 heterocycles. The molecule has 0 spiro atoms. The largest absolute Gasteiger partial charge is 0.372 e. The molecule has 0 aliphatic rings. The SMILES string of the molecule is CCN(CC)c1ccc(C)c(NC(C)=O)c1. The molecule has 1 N–H and O–H groups in total. The summed E-state index contributed by atoms with van der Waals surface area (Å²) in [5.41, 5.74) is 3.14. The highest BCUT2D eigenvalue weighted by Crippen LogP contribution is 2.23. The molecule has 0 atom stereocenters. The summed E-state index contributed by atoms with van der Waals surface area (Å²) in [6.45, 7) is 9.72. The molecule has 0 fully saturated rings. The first-order valence-corrected chi connectivity index (χ1v) is 5.71. The van der Waals surface area contributed by atoms with Gasteiger partial charge in [-0.05, 0) is 38.5 Å². The first-order valence-electron chi connectivity index (χ1n) is 5.71. The lowest BCUT2D eigenvalue weighted by atomic mass is 10.1. The van der Waals surface area contributed by atoms with E-state index in [0.29, 0.717) is 0 Å². The lowest BCUT2D eigenvalue weighted by molar-refractivity contribution is -0.114. The number of amides is 1. The molecule has 0 bridgehead atoms. The van der Waals surface area contributed by atoms with Crippen LogP contribution < -0.4 is 10.2 Å². The minimum absolute atomic E-state index is 0.0280. The summed E-state index contributed by atoms with van der Waals surface area (Å²) < 4.78 is 0. The molecule has 0 aliphatic carbocycles. The lowest BCUT2D eigenvalue weighted by Gasteiger charge is -2.22. The van der Waals surface area contributed by atoms with Crippen LogP contribution in [-0.4, -0.2) is 19.0 Å². The second kappa shape index (κ2) is 5.54. The number of nitrogens with one attached hydrogen (secondary N) is 1. The van der Waals surface area contributed by atoms with Gasteiger partial charge in [0.15, 0.2) is 0 Å². The zero-order valence-corrected chi connectivity index (χ0v) is 10.5. The van der Waals surface area contributed by atoms with Crippen LogP contribution in [0.4, 0.5) is 11.4 Å². The van der Waals surface area contributed by atoms with E-state index in [-0.39, 0.29) is 5.91 Å². The molecule has 1 aromatic carbocycles. The van der Waals surface area contributed by atoms with Gasteiger partial charge in [0.2, 0.25) is 5.91 Å². The van der Waals surface area contributed by atoms with Gasteiger partial charge in [-0.1, -0.05) is 6.07 Å². The van der Waals surface area contributed by atoms with Crippen LogP contribution in [0.25, 0.3) is 0 Å². The van der Waals surface area contributed by atoms with Crippen molar-refractivity contribution < 1.29 is 4.79 Å². The van der Waals surface area contributed by atoms with Crippen LogP contribution in [0.1, 0.15) is 26.3 Å². The first kappa shape index (κ1) is 12.6. The second-order valence-electron chi connectivity index (χ2n) is 3.85. The number of rotatable bonds is 4. The van der Waals surface area contributed by atoms with Crippen LogP contribution in [0.3, 0.4) is 0 Å². The molecule has 0 aromatic heterocycles. The maximum absolute atomic E-state index is 11.1. The van der Waals surface area contributed by atoms with Gasteiger partial charge in [-0.25, -0.2) is 0 Å². The lowest BCUT2D eigenvalue weighted by Crippen LogP contribution is -2.22. The number of hydrogen-bond acceptors (Lipinski definition) is 2. The van der Waals surface area contributed by atoms with Gasteiger partial charge in [0, 0.05) is 31.4 Å². The van der Waals surface area contributed by atoms with Gasteiger partial charge in [-0.2, -0.15) is 0 Å². The fourth-order valence-corrected chi connectivity index (χ4v) is 1.72. The smallest absolute Gasteiger partial charge is 0.221 e. The summed E-state index contributed by atoms with van der Waals surface area (Å²) in [5, 5.41) is 2.85. The summed E-state index contributed by atoms with van der Waals surface area (Å²) in [6.07, 6.45) is 0.